The third kappa shape index (κ3) is 18.0. The molecule has 0 radical (unpaired) electrons. The van der Waals surface area contributed by atoms with E-state index in [1.54, 1.807) is 21.6 Å². The van der Waals surface area contributed by atoms with Crippen LogP contribution in [0.5, 0.6) is 0 Å². The van der Waals surface area contributed by atoms with Gasteiger partial charge >= 0.3 is 23.9 Å². The van der Waals surface area contributed by atoms with Gasteiger partial charge in [0.1, 0.15) is 13.2 Å². The summed E-state index contributed by atoms with van der Waals surface area (Å²) in [5.74, 6) is 0.227. The van der Waals surface area contributed by atoms with Crippen LogP contribution in [0.15, 0.2) is 0 Å². The zero-order valence-electron chi connectivity index (χ0n) is 16.6. The van der Waals surface area contributed by atoms with Gasteiger partial charge in [0.25, 0.3) is 0 Å². The molecule has 0 bridgehead atoms. The van der Waals surface area contributed by atoms with E-state index in [1.165, 1.54) is 14.2 Å². The number of rotatable bonds is 17. The summed E-state index contributed by atoms with van der Waals surface area (Å²) in [6.07, 6.45) is 3.64. The Morgan fingerprint density at radius 3 is 1.21 bits per heavy atom. The number of esters is 4. The maximum Gasteiger partial charge on any atom is 0.305 e. The summed E-state index contributed by atoms with van der Waals surface area (Å²) in [4.78, 5) is 44.8. The number of ether oxygens (including phenoxy) is 4. The molecule has 10 heteroatoms. The third-order valence-corrected chi connectivity index (χ3v) is 5.76. The van der Waals surface area contributed by atoms with E-state index < -0.39 is 0 Å². The fourth-order valence-corrected chi connectivity index (χ4v) is 3.58. The zero-order valence-corrected chi connectivity index (χ0v) is 18.2. The molecule has 0 rings (SSSR count). The SMILES string of the molecule is COC(=O)CCCCC(=O)OCCSSCCOC(=O)CCCCC(=O)OC. The van der Waals surface area contributed by atoms with Gasteiger partial charge < -0.3 is 18.9 Å². The first-order valence-electron chi connectivity index (χ1n) is 9.19. The lowest BCUT2D eigenvalue weighted by molar-refractivity contribution is -0.144. The van der Waals surface area contributed by atoms with E-state index in [0.717, 1.165) is 0 Å². The molecule has 0 spiro atoms. The second kappa shape index (κ2) is 18.9. The van der Waals surface area contributed by atoms with Gasteiger partial charge in [0, 0.05) is 37.2 Å². The van der Waals surface area contributed by atoms with E-state index >= 15 is 0 Å². The molecule has 0 aliphatic carbocycles. The van der Waals surface area contributed by atoms with Gasteiger partial charge in [-0.2, -0.15) is 0 Å². The minimum Gasteiger partial charge on any atom is -0.469 e. The van der Waals surface area contributed by atoms with Gasteiger partial charge in [0.15, 0.2) is 0 Å². The summed E-state index contributed by atoms with van der Waals surface area (Å²) >= 11 is 0. The summed E-state index contributed by atoms with van der Waals surface area (Å²) in [6.45, 7) is 0.654. The number of carbonyl (C=O) groups excluding carboxylic acids is 4. The van der Waals surface area contributed by atoms with Crippen LogP contribution in [0.3, 0.4) is 0 Å². The summed E-state index contributed by atoms with van der Waals surface area (Å²) in [6, 6.07) is 0. The van der Waals surface area contributed by atoms with Crippen LogP contribution < -0.4 is 0 Å². The molecular weight excluding hydrogens is 408 g/mol. The van der Waals surface area contributed by atoms with Crippen molar-refractivity contribution in [1.29, 1.82) is 0 Å². The van der Waals surface area contributed by atoms with Crippen LogP contribution >= 0.6 is 21.6 Å². The van der Waals surface area contributed by atoms with E-state index in [4.69, 9.17) is 9.47 Å². The topological polar surface area (TPSA) is 105 Å². The molecule has 0 amide bonds. The van der Waals surface area contributed by atoms with Gasteiger partial charge in [-0.15, -0.1) is 0 Å². The number of unbranched alkanes of at least 4 members (excludes halogenated alkanes) is 2. The lowest BCUT2D eigenvalue weighted by atomic mass is 10.2. The summed E-state index contributed by atoms with van der Waals surface area (Å²) in [5.41, 5.74) is 0. The maximum absolute atomic E-state index is 11.5. The van der Waals surface area contributed by atoms with E-state index in [0.29, 0.717) is 76.1 Å². The van der Waals surface area contributed by atoms with E-state index in [9.17, 15) is 19.2 Å². The maximum atomic E-state index is 11.5. The van der Waals surface area contributed by atoms with Crippen molar-refractivity contribution in [1.82, 2.24) is 0 Å². The van der Waals surface area contributed by atoms with Crippen LogP contribution in [0.25, 0.3) is 0 Å². The smallest absolute Gasteiger partial charge is 0.305 e. The van der Waals surface area contributed by atoms with Gasteiger partial charge in [-0.05, 0) is 25.7 Å². The highest BCUT2D eigenvalue weighted by molar-refractivity contribution is 8.76. The Balaban J connectivity index is 3.36. The molecule has 0 aromatic rings. The van der Waals surface area contributed by atoms with Gasteiger partial charge in [-0.1, -0.05) is 21.6 Å². The molecule has 0 aliphatic rings. The molecule has 0 unspecified atom stereocenters. The Kier molecular flexibility index (Phi) is 18.0. The van der Waals surface area contributed by atoms with Crippen LogP contribution in [-0.4, -0.2) is 62.8 Å². The molecule has 0 aliphatic heterocycles. The fraction of sp³-hybridized carbons (Fsp3) is 0.778. The highest BCUT2D eigenvalue weighted by atomic mass is 33.1. The molecule has 0 atom stereocenters. The van der Waals surface area contributed by atoms with Gasteiger partial charge in [-0.25, -0.2) is 0 Å². The monoisotopic (exact) mass is 438 g/mol. The Morgan fingerprint density at radius 1 is 0.571 bits per heavy atom. The van der Waals surface area contributed by atoms with Crippen LogP contribution in [0, 0.1) is 0 Å². The van der Waals surface area contributed by atoms with Crippen molar-refractivity contribution >= 4 is 45.5 Å². The van der Waals surface area contributed by atoms with Crippen molar-refractivity contribution in [3.8, 4) is 0 Å². The van der Waals surface area contributed by atoms with E-state index in [2.05, 4.69) is 9.47 Å². The number of hydrogen-bond donors (Lipinski definition) is 0. The van der Waals surface area contributed by atoms with Crippen molar-refractivity contribution in [2.24, 2.45) is 0 Å². The van der Waals surface area contributed by atoms with Crippen molar-refractivity contribution in [2.45, 2.75) is 51.4 Å². The Labute approximate surface area is 174 Å². The van der Waals surface area contributed by atoms with Crippen LogP contribution in [0.1, 0.15) is 51.4 Å². The van der Waals surface area contributed by atoms with Crippen LogP contribution in [-0.2, 0) is 38.1 Å². The molecule has 0 saturated heterocycles. The minimum absolute atomic E-state index is 0.267. The lowest BCUT2D eigenvalue weighted by Crippen LogP contribution is -2.08. The number of carbonyl (C=O) groups is 4. The van der Waals surface area contributed by atoms with Crippen molar-refractivity contribution in [2.75, 3.05) is 38.9 Å². The summed E-state index contributed by atoms with van der Waals surface area (Å²) in [7, 11) is 5.77. The molecule has 162 valence electrons. The zero-order chi connectivity index (χ0) is 21.0. The summed E-state index contributed by atoms with van der Waals surface area (Å²) in [5, 5.41) is 0. The van der Waals surface area contributed by atoms with Gasteiger partial charge in [-0.3, -0.25) is 19.2 Å². The predicted octanol–water partition coefficient (Wildman–Crippen LogP) is 2.92. The number of methoxy groups -OCH3 is 2. The lowest BCUT2D eigenvalue weighted by Gasteiger charge is -2.06. The van der Waals surface area contributed by atoms with Crippen molar-refractivity contribution in [3.63, 3.8) is 0 Å². The molecule has 0 heterocycles. The standard InChI is InChI=1S/C18H30O8S2/c1-23-15(19)7-3-5-9-17(21)25-11-13-27-28-14-12-26-18(22)10-6-4-8-16(20)24-2/h3-14H2,1-2H3. The Bertz CT molecular complexity index is 429. The molecular formula is C18H30O8S2. The first kappa shape index (κ1) is 26.6. The Morgan fingerprint density at radius 2 is 0.893 bits per heavy atom. The van der Waals surface area contributed by atoms with E-state index in [-0.39, 0.29) is 23.9 Å². The predicted molar refractivity (Wildman–Crippen MR) is 108 cm³/mol. The first-order chi connectivity index (χ1) is 13.5. The molecule has 0 fully saturated rings. The average molecular weight is 439 g/mol. The molecule has 28 heavy (non-hydrogen) atoms. The minimum atomic E-state index is -0.272. The quantitative estimate of drug-likeness (QED) is 0.146. The fourth-order valence-electron chi connectivity index (χ4n) is 1.92. The molecule has 0 aromatic carbocycles. The second-order valence-electron chi connectivity index (χ2n) is 5.65. The van der Waals surface area contributed by atoms with Gasteiger partial charge in [0.2, 0.25) is 0 Å². The largest absolute Gasteiger partial charge is 0.469 e. The highest BCUT2D eigenvalue weighted by Crippen LogP contribution is 2.20. The second-order valence-corrected chi connectivity index (χ2v) is 8.35. The average Bonchev–Trinajstić information content (AvgIpc) is 2.69. The van der Waals surface area contributed by atoms with E-state index in [1.807, 2.05) is 0 Å². The molecule has 0 aromatic heterocycles. The molecule has 8 nitrogen and oxygen atoms in total. The normalized spacial score (nSPS) is 10.2. The van der Waals surface area contributed by atoms with Gasteiger partial charge in [0.05, 0.1) is 14.2 Å². The van der Waals surface area contributed by atoms with Crippen molar-refractivity contribution < 1.29 is 38.1 Å². The highest BCUT2D eigenvalue weighted by Gasteiger charge is 2.06. The first-order valence-corrected chi connectivity index (χ1v) is 11.7. The van der Waals surface area contributed by atoms with Crippen LogP contribution in [0.2, 0.25) is 0 Å². The van der Waals surface area contributed by atoms with Crippen LogP contribution in [0.4, 0.5) is 0 Å². The summed E-state index contributed by atoms with van der Waals surface area (Å²) < 4.78 is 19.2. The Hall–Kier alpha value is -1.42. The number of hydrogen-bond acceptors (Lipinski definition) is 10. The molecule has 0 N–H and O–H groups in total. The third-order valence-electron chi connectivity index (χ3n) is 3.42. The van der Waals surface area contributed by atoms with Crippen molar-refractivity contribution in [3.05, 3.63) is 0 Å². The molecule has 0 saturated carbocycles.